The lowest BCUT2D eigenvalue weighted by atomic mass is 9.83. The molecular formula is C16H26N2O2S. The molecule has 2 rings (SSSR count). The van der Waals surface area contributed by atoms with Gasteiger partial charge in [0.1, 0.15) is 5.00 Å². The molecule has 0 radical (unpaired) electrons. The average molecular weight is 310 g/mol. The third-order valence-electron chi connectivity index (χ3n) is 4.24. The van der Waals surface area contributed by atoms with E-state index in [0.717, 1.165) is 30.9 Å². The molecule has 1 fully saturated rings. The van der Waals surface area contributed by atoms with Gasteiger partial charge < -0.3 is 15.4 Å². The zero-order valence-corrected chi connectivity index (χ0v) is 14.5. The molecule has 1 aromatic rings. The van der Waals surface area contributed by atoms with Crippen LogP contribution < -0.4 is 15.4 Å². The van der Waals surface area contributed by atoms with Crippen LogP contribution in [0.1, 0.15) is 50.2 Å². The fourth-order valence-electron chi connectivity index (χ4n) is 2.58. The van der Waals surface area contributed by atoms with E-state index in [1.807, 2.05) is 13.8 Å². The Hall–Kier alpha value is -1.23. The SMILES string of the molecule is COc1c(N2CCC(C)(C)CC2)sc(C(=O)C(C)C)c1N. The van der Waals surface area contributed by atoms with Crippen LogP contribution in [0.25, 0.3) is 0 Å². The molecule has 0 saturated carbocycles. The second-order valence-corrected chi connectivity index (χ2v) is 7.85. The summed E-state index contributed by atoms with van der Waals surface area (Å²) in [4.78, 5) is 15.2. The Labute approximate surface area is 131 Å². The zero-order valence-electron chi connectivity index (χ0n) is 13.7. The second kappa shape index (κ2) is 5.87. The molecule has 0 unspecified atom stereocenters. The van der Waals surface area contributed by atoms with Crippen LogP contribution in [0.5, 0.6) is 5.75 Å². The fourth-order valence-corrected chi connectivity index (χ4v) is 3.91. The molecule has 1 aliphatic rings. The van der Waals surface area contributed by atoms with Gasteiger partial charge in [-0.25, -0.2) is 0 Å². The number of anilines is 2. The number of ketones is 1. The average Bonchev–Trinajstić information content (AvgIpc) is 2.74. The Balaban J connectivity index is 2.32. The van der Waals surface area contributed by atoms with E-state index in [9.17, 15) is 4.79 Å². The van der Waals surface area contributed by atoms with Crippen molar-refractivity contribution in [1.82, 2.24) is 0 Å². The minimum absolute atomic E-state index is 0.0520. The number of ether oxygens (including phenoxy) is 1. The zero-order chi connectivity index (χ0) is 15.8. The van der Waals surface area contributed by atoms with Crippen LogP contribution in [-0.2, 0) is 0 Å². The first-order valence-electron chi connectivity index (χ1n) is 7.52. The topological polar surface area (TPSA) is 55.6 Å². The van der Waals surface area contributed by atoms with Crippen molar-refractivity contribution in [2.75, 3.05) is 30.8 Å². The summed E-state index contributed by atoms with van der Waals surface area (Å²) in [5.74, 6) is 0.715. The summed E-state index contributed by atoms with van der Waals surface area (Å²) >= 11 is 1.48. The molecule has 118 valence electrons. The van der Waals surface area contributed by atoms with Gasteiger partial charge in [0.05, 0.1) is 17.7 Å². The third kappa shape index (κ3) is 3.18. The van der Waals surface area contributed by atoms with Crippen LogP contribution in [0.3, 0.4) is 0 Å². The number of carbonyl (C=O) groups is 1. The maximum Gasteiger partial charge on any atom is 0.177 e. The molecule has 21 heavy (non-hydrogen) atoms. The number of piperidine rings is 1. The van der Waals surface area contributed by atoms with Gasteiger partial charge >= 0.3 is 0 Å². The van der Waals surface area contributed by atoms with Gasteiger partial charge in [0.2, 0.25) is 0 Å². The van der Waals surface area contributed by atoms with Crippen molar-refractivity contribution in [3.63, 3.8) is 0 Å². The van der Waals surface area contributed by atoms with E-state index in [2.05, 4.69) is 18.7 Å². The van der Waals surface area contributed by atoms with Crippen molar-refractivity contribution in [2.45, 2.75) is 40.5 Å². The van der Waals surface area contributed by atoms with Crippen LogP contribution in [0, 0.1) is 11.3 Å². The summed E-state index contributed by atoms with van der Waals surface area (Å²) in [5, 5.41) is 1.01. The van der Waals surface area contributed by atoms with Gasteiger partial charge in [-0.3, -0.25) is 4.79 Å². The second-order valence-electron chi connectivity index (χ2n) is 6.85. The van der Waals surface area contributed by atoms with Crippen molar-refractivity contribution in [1.29, 1.82) is 0 Å². The van der Waals surface area contributed by atoms with E-state index in [-0.39, 0.29) is 11.7 Å². The lowest BCUT2D eigenvalue weighted by Crippen LogP contribution is -2.37. The van der Waals surface area contributed by atoms with Crippen molar-refractivity contribution >= 4 is 27.8 Å². The first kappa shape index (κ1) is 16.1. The van der Waals surface area contributed by atoms with Crippen molar-refractivity contribution in [3.05, 3.63) is 4.88 Å². The Morgan fingerprint density at radius 1 is 1.33 bits per heavy atom. The molecule has 1 saturated heterocycles. The number of methoxy groups -OCH3 is 1. The monoisotopic (exact) mass is 310 g/mol. The summed E-state index contributed by atoms with van der Waals surface area (Å²) in [6.07, 6.45) is 2.28. The highest BCUT2D eigenvalue weighted by Gasteiger charge is 2.31. The molecule has 0 amide bonds. The van der Waals surface area contributed by atoms with E-state index < -0.39 is 0 Å². The van der Waals surface area contributed by atoms with Crippen LogP contribution in [-0.4, -0.2) is 26.0 Å². The highest BCUT2D eigenvalue weighted by molar-refractivity contribution is 7.19. The van der Waals surface area contributed by atoms with Gasteiger partial charge in [-0.15, -0.1) is 11.3 Å². The molecule has 5 heteroatoms. The van der Waals surface area contributed by atoms with Crippen LogP contribution in [0.15, 0.2) is 0 Å². The first-order chi connectivity index (χ1) is 9.76. The molecule has 0 aromatic carbocycles. The Kier molecular flexibility index (Phi) is 4.51. The van der Waals surface area contributed by atoms with E-state index in [4.69, 9.17) is 10.5 Å². The maximum absolute atomic E-state index is 12.3. The smallest absolute Gasteiger partial charge is 0.177 e. The Morgan fingerprint density at radius 2 is 1.90 bits per heavy atom. The van der Waals surface area contributed by atoms with Crippen LogP contribution >= 0.6 is 11.3 Å². The van der Waals surface area contributed by atoms with Crippen LogP contribution in [0.4, 0.5) is 10.7 Å². The van der Waals surface area contributed by atoms with Gasteiger partial charge in [-0.2, -0.15) is 0 Å². The number of carbonyl (C=O) groups excluding carboxylic acids is 1. The van der Waals surface area contributed by atoms with E-state index >= 15 is 0 Å². The molecule has 4 nitrogen and oxygen atoms in total. The lowest BCUT2D eigenvalue weighted by molar-refractivity contribution is 0.0944. The third-order valence-corrected chi connectivity index (χ3v) is 5.50. The molecule has 0 aliphatic carbocycles. The molecule has 0 spiro atoms. The van der Waals surface area contributed by atoms with Crippen molar-refractivity contribution in [2.24, 2.45) is 11.3 Å². The predicted molar refractivity (Wildman–Crippen MR) is 89.7 cm³/mol. The molecule has 0 atom stereocenters. The van der Waals surface area contributed by atoms with Crippen molar-refractivity contribution < 1.29 is 9.53 Å². The van der Waals surface area contributed by atoms with E-state index in [1.54, 1.807) is 7.11 Å². The number of Topliss-reactive ketones (excluding diaryl/α,β-unsaturated/α-hetero) is 1. The summed E-state index contributed by atoms with van der Waals surface area (Å²) in [6, 6.07) is 0. The lowest BCUT2D eigenvalue weighted by Gasteiger charge is -2.37. The Morgan fingerprint density at radius 3 is 2.38 bits per heavy atom. The summed E-state index contributed by atoms with van der Waals surface area (Å²) in [7, 11) is 1.62. The molecule has 2 heterocycles. The standard InChI is InChI=1S/C16H26N2O2S/c1-10(2)12(19)14-11(17)13(20-5)15(21-14)18-8-6-16(3,4)7-9-18/h10H,6-9,17H2,1-5H3. The number of nitrogens with zero attached hydrogens (tertiary/aromatic N) is 1. The number of nitrogen functional groups attached to an aromatic ring is 1. The maximum atomic E-state index is 12.3. The van der Waals surface area contributed by atoms with Crippen molar-refractivity contribution in [3.8, 4) is 5.75 Å². The number of nitrogens with two attached hydrogens (primary N) is 1. The largest absolute Gasteiger partial charge is 0.492 e. The molecule has 2 N–H and O–H groups in total. The highest BCUT2D eigenvalue weighted by Crippen LogP contribution is 2.47. The first-order valence-corrected chi connectivity index (χ1v) is 8.34. The van der Waals surface area contributed by atoms with Gasteiger partial charge in [-0.1, -0.05) is 27.7 Å². The summed E-state index contributed by atoms with van der Waals surface area (Å²) < 4.78 is 5.48. The molecule has 0 bridgehead atoms. The number of hydrogen-bond donors (Lipinski definition) is 1. The number of thiophene rings is 1. The fraction of sp³-hybridized carbons (Fsp3) is 0.688. The van der Waals surface area contributed by atoms with Gasteiger partial charge in [0, 0.05) is 19.0 Å². The minimum atomic E-state index is -0.0520. The molecular weight excluding hydrogens is 284 g/mol. The predicted octanol–water partition coefficient (Wildman–Crippen LogP) is 3.80. The van der Waals surface area contributed by atoms with E-state index in [1.165, 1.54) is 11.3 Å². The summed E-state index contributed by atoms with van der Waals surface area (Å²) in [5.41, 5.74) is 7.04. The summed E-state index contributed by atoms with van der Waals surface area (Å²) in [6.45, 7) is 10.4. The minimum Gasteiger partial charge on any atom is -0.492 e. The quantitative estimate of drug-likeness (QED) is 0.859. The molecule has 1 aromatic heterocycles. The van der Waals surface area contributed by atoms with Gasteiger partial charge in [-0.05, 0) is 18.3 Å². The van der Waals surface area contributed by atoms with E-state index in [0.29, 0.717) is 21.7 Å². The number of hydrogen-bond acceptors (Lipinski definition) is 5. The molecule has 1 aliphatic heterocycles. The number of rotatable bonds is 4. The van der Waals surface area contributed by atoms with Gasteiger partial charge in [0.25, 0.3) is 0 Å². The van der Waals surface area contributed by atoms with Gasteiger partial charge in [0.15, 0.2) is 11.5 Å². The normalized spacial score (nSPS) is 18.1. The highest BCUT2D eigenvalue weighted by atomic mass is 32.1. The van der Waals surface area contributed by atoms with Crippen LogP contribution in [0.2, 0.25) is 0 Å². The Bertz CT molecular complexity index is 525.